The number of hydrogen-bond donors (Lipinski definition) is 0. The average molecular weight is 485 g/mol. The summed E-state index contributed by atoms with van der Waals surface area (Å²) in [6.45, 7) is 0.345. The van der Waals surface area contributed by atoms with Gasteiger partial charge in [-0.05, 0) is 47.4 Å². The number of fused-ring (bicyclic) bond motifs is 3. The minimum absolute atomic E-state index is 0.0211. The van der Waals surface area contributed by atoms with Gasteiger partial charge in [0.05, 0.1) is 42.7 Å². The van der Waals surface area contributed by atoms with Gasteiger partial charge in [0.25, 0.3) is 0 Å². The van der Waals surface area contributed by atoms with Crippen LogP contribution in [0.5, 0.6) is 23.0 Å². The van der Waals surface area contributed by atoms with Crippen molar-refractivity contribution < 1.29 is 42.8 Å². The van der Waals surface area contributed by atoms with Gasteiger partial charge in [0.2, 0.25) is 5.76 Å². The third-order valence-corrected chi connectivity index (χ3v) is 6.31. The molecule has 0 bridgehead atoms. The van der Waals surface area contributed by atoms with Gasteiger partial charge in [-0.3, -0.25) is 0 Å². The molecule has 0 saturated carbocycles. The van der Waals surface area contributed by atoms with Gasteiger partial charge in [-0.15, -0.1) is 5.06 Å². The highest BCUT2D eigenvalue weighted by Gasteiger charge is 2.60. The van der Waals surface area contributed by atoms with Gasteiger partial charge in [-0.25, -0.2) is 9.59 Å². The van der Waals surface area contributed by atoms with Crippen LogP contribution in [0.25, 0.3) is 0 Å². The number of rotatable bonds is 7. The molecule has 4 rings (SSSR count). The first-order chi connectivity index (χ1) is 16.9. The van der Waals surface area contributed by atoms with E-state index in [1.54, 1.807) is 36.4 Å². The molecule has 35 heavy (non-hydrogen) atoms. The number of hydroxylamine groups is 2. The Kier molecular flexibility index (Phi) is 6.49. The number of ether oxygens (including phenoxy) is 6. The highest BCUT2D eigenvalue weighted by atomic mass is 16.7. The molecule has 0 aliphatic carbocycles. The molecule has 2 aromatic carbocycles. The molecule has 2 aliphatic rings. The van der Waals surface area contributed by atoms with E-state index in [9.17, 15) is 9.59 Å². The summed E-state index contributed by atoms with van der Waals surface area (Å²) in [6.07, 6.45) is 0.549. The zero-order chi connectivity index (χ0) is 25.3. The predicted octanol–water partition coefficient (Wildman–Crippen LogP) is 2.37. The maximum atomic E-state index is 13.3. The lowest BCUT2D eigenvalue weighted by Gasteiger charge is -2.43. The quantitative estimate of drug-likeness (QED) is 0.543. The van der Waals surface area contributed by atoms with Crippen molar-refractivity contribution in [3.63, 3.8) is 0 Å². The van der Waals surface area contributed by atoms with Crippen molar-refractivity contribution in [2.75, 3.05) is 49.2 Å². The molecule has 10 heteroatoms. The molecular weight excluding hydrogens is 458 g/mol. The predicted molar refractivity (Wildman–Crippen MR) is 122 cm³/mol. The van der Waals surface area contributed by atoms with E-state index in [2.05, 4.69) is 0 Å². The number of carbonyl (C=O) groups is 2. The Hall–Kier alpha value is -3.92. The summed E-state index contributed by atoms with van der Waals surface area (Å²) in [5.74, 6) is 0.117. The third kappa shape index (κ3) is 3.52. The lowest BCUT2D eigenvalue weighted by Crippen LogP contribution is -2.50. The molecular formula is C25H27NO9. The standard InChI is InChI=1S/C25H27NO9/c1-29-17-8-7-15(12-19(17)31-3)25-16-13-20(32-4)18(30-2)11-14(16)9-10-26(25)35-22(24(28)34-6)21(25)23(27)33-5/h7-8,11-13H,9-10H2,1-6H3/t25-/m0/s1. The molecule has 2 aromatic rings. The first kappa shape index (κ1) is 24.2. The summed E-state index contributed by atoms with van der Waals surface area (Å²) in [5.41, 5.74) is 0.719. The molecule has 0 radical (unpaired) electrons. The normalized spacial score (nSPS) is 18.7. The summed E-state index contributed by atoms with van der Waals surface area (Å²) < 4.78 is 32.1. The Morgan fingerprint density at radius 1 is 0.800 bits per heavy atom. The van der Waals surface area contributed by atoms with Crippen molar-refractivity contribution in [1.82, 2.24) is 5.06 Å². The topological polar surface area (TPSA) is 102 Å². The molecule has 186 valence electrons. The third-order valence-electron chi connectivity index (χ3n) is 6.31. The first-order valence-corrected chi connectivity index (χ1v) is 10.8. The molecule has 2 aliphatic heterocycles. The molecule has 0 spiro atoms. The molecule has 0 amide bonds. The van der Waals surface area contributed by atoms with Crippen molar-refractivity contribution in [2.24, 2.45) is 0 Å². The van der Waals surface area contributed by atoms with Crippen LogP contribution in [0.2, 0.25) is 0 Å². The van der Waals surface area contributed by atoms with E-state index in [1.807, 2.05) is 6.07 Å². The minimum Gasteiger partial charge on any atom is -0.493 e. The maximum Gasteiger partial charge on any atom is 0.376 e. The van der Waals surface area contributed by atoms with E-state index in [-0.39, 0.29) is 11.3 Å². The summed E-state index contributed by atoms with van der Waals surface area (Å²) in [7, 11) is 8.58. The van der Waals surface area contributed by atoms with Crippen molar-refractivity contribution in [1.29, 1.82) is 0 Å². The molecule has 0 saturated heterocycles. The fourth-order valence-electron chi connectivity index (χ4n) is 4.76. The lowest BCUT2D eigenvalue weighted by atomic mass is 9.71. The van der Waals surface area contributed by atoms with E-state index >= 15 is 0 Å². The molecule has 0 fully saturated rings. The number of methoxy groups -OCH3 is 6. The van der Waals surface area contributed by atoms with Gasteiger partial charge >= 0.3 is 11.9 Å². The highest BCUT2D eigenvalue weighted by Crippen LogP contribution is 2.55. The van der Waals surface area contributed by atoms with Crippen LogP contribution in [0.3, 0.4) is 0 Å². The second kappa shape index (κ2) is 9.38. The fourth-order valence-corrected chi connectivity index (χ4v) is 4.76. The van der Waals surface area contributed by atoms with E-state index in [4.69, 9.17) is 33.3 Å². The van der Waals surface area contributed by atoms with Crippen molar-refractivity contribution in [3.05, 3.63) is 58.4 Å². The molecule has 2 heterocycles. The van der Waals surface area contributed by atoms with Gasteiger partial charge in [0.1, 0.15) is 11.1 Å². The van der Waals surface area contributed by atoms with Crippen molar-refractivity contribution in [3.8, 4) is 23.0 Å². The summed E-state index contributed by atoms with van der Waals surface area (Å²) in [6, 6.07) is 8.89. The Bertz CT molecular complexity index is 1210. The lowest BCUT2D eigenvalue weighted by molar-refractivity contribution is -0.170. The van der Waals surface area contributed by atoms with E-state index in [0.717, 1.165) is 5.56 Å². The van der Waals surface area contributed by atoms with Crippen molar-refractivity contribution >= 4 is 11.9 Å². The van der Waals surface area contributed by atoms with Crippen LogP contribution >= 0.6 is 0 Å². The maximum absolute atomic E-state index is 13.3. The number of benzene rings is 2. The van der Waals surface area contributed by atoms with Crippen molar-refractivity contribution in [2.45, 2.75) is 12.0 Å². The molecule has 0 aromatic heterocycles. The zero-order valence-corrected chi connectivity index (χ0v) is 20.4. The molecule has 10 nitrogen and oxygen atoms in total. The SMILES string of the molecule is COC(=O)C1=C(C(=O)OC)[C@]2(c3ccc(OC)c(OC)c3)c3cc(OC)c(OC)cc3CCN2O1. The fraction of sp³-hybridized carbons (Fsp3) is 0.360. The largest absolute Gasteiger partial charge is 0.493 e. The number of carbonyl (C=O) groups excluding carboxylic acids is 2. The van der Waals surface area contributed by atoms with Crippen LogP contribution in [0, 0.1) is 0 Å². The zero-order valence-electron chi connectivity index (χ0n) is 20.4. The second-order valence-electron chi connectivity index (χ2n) is 7.78. The number of esters is 2. The van der Waals surface area contributed by atoms with Crippen LogP contribution in [-0.2, 0) is 35.9 Å². The average Bonchev–Trinajstić information content (AvgIpc) is 3.27. The van der Waals surface area contributed by atoms with Gasteiger partial charge < -0.3 is 33.3 Å². The second-order valence-corrected chi connectivity index (χ2v) is 7.78. The van der Waals surface area contributed by atoms with Gasteiger partial charge in [-0.1, -0.05) is 6.07 Å². The van der Waals surface area contributed by atoms with Crippen LogP contribution < -0.4 is 18.9 Å². The van der Waals surface area contributed by atoms with E-state index in [1.165, 1.54) is 35.5 Å². The summed E-state index contributed by atoms with van der Waals surface area (Å²) >= 11 is 0. The Morgan fingerprint density at radius 2 is 1.40 bits per heavy atom. The number of hydrogen-bond acceptors (Lipinski definition) is 10. The Balaban J connectivity index is 2.15. The molecule has 0 unspecified atom stereocenters. The number of nitrogens with zero attached hydrogens (tertiary/aromatic N) is 1. The van der Waals surface area contributed by atoms with Crippen LogP contribution in [0.15, 0.2) is 41.7 Å². The minimum atomic E-state index is -1.39. The van der Waals surface area contributed by atoms with Crippen LogP contribution in [-0.4, -0.2) is 66.2 Å². The van der Waals surface area contributed by atoms with Gasteiger partial charge in [-0.2, -0.15) is 0 Å². The Morgan fingerprint density at radius 3 is 2.00 bits per heavy atom. The van der Waals surface area contributed by atoms with Crippen LogP contribution in [0.1, 0.15) is 16.7 Å². The monoisotopic (exact) mass is 485 g/mol. The smallest absolute Gasteiger partial charge is 0.376 e. The van der Waals surface area contributed by atoms with E-state index in [0.29, 0.717) is 47.1 Å². The van der Waals surface area contributed by atoms with Gasteiger partial charge in [0.15, 0.2) is 23.0 Å². The first-order valence-electron chi connectivity index (χ1n) is 10.8. The summed E-state index contributed by atoms with van der Waals surface area (Å²) in [5, 5.41) is 1.58. The van der Waals surface area contributed by atoms with E-state index < -0.39 is 17.5 Å². The summed E-state index contributed by atoms with van der Waals surface area (Å²) in [4.78, 5) is 32.2. The highest BCUT2D eigenvalue weighted by molar-refractivity contribution is 6.02. The Labute approximate surface area is 202 Å². The molecule has 0 N–H and O–H groups in total. The molecule has 1 atom stereocenters. The van der Waals surface area contributed by atoms with Gasteiger partial charge in [0, 0.05) is 6.54 Å². The van der Waals surface area contributed by atoms with Crippen LogP contribution in [0.4, 0.5) is 0 Å².